The third-order valence-corrected chi connectivity index (χ3v) is 6.65. The lowest BCUT2D eigenvalue weighted by molar-refractivity contribution is -0.116. The van der Waals surface area contributed by atoms with E-state index in [0.717, 1.165) is 55.2 Å². The van der Waals surface area contributed by atoms with Crippen LogP contribution in [0, 0.1) is 0 Å². The van der Waals surface area contributed by atoms with Gasteiger partial charge in [-0.3, -0.25) is 14.5 Å². The molecule has 1 atom stereocenters. The van der Waals surface area contributed by atoms with Crippen LogP contribution >= 0.6 is 11.6 Å². The average molecular weight is 441 g/mol. The second-order valence-corrected chi connectivity index (χ2v) is 8.93. The van der Waals surface area contributed by atoms with Gasteiger partial charge in [-0.1, -0.05) is 23.7 Å². The number of nitrogens with two attached hydrogens (primary N) is 1. The molecule has 4 rings (SSSR count). The van der Waals surface area contributed by atoms with Crippen LogP contribution in [0.2, 0.25) is 5.02 Å². The van der Waals surface area contributed by atoms with E-state index in [-0.39, 0.29) is 5.91 Å². The number of carbonyl (C=O) groups excluding carboxylic acids is 2. The number of hydrogen-bond donors (Lipinski definition) is 1. The smallest absolute Gasteiger partial charge is 0.250 e. The highest BCUT2D eigenvalue weighted by Crippen LogP contribution is 2.34. The standard InChI is InChI=1S/C24H29ClN4O2/c1-16(27-8-10-28(11-9-27)21-5-3-4-20(25)15-21)12-18-13-19-6-7-29(17(2)30)23(19)22(14-18)24(26)31/h3-5,13-16H,6-12H2,1-2H3,(H2,26,31). The largest absolute Gasteiger partial charge is 0.369 e. The first-order valence-electron chi connectivity index (χ1n) is 10.8. The maximum Gasteiger partial charge on any atom is 0.250 e. The zero-order valence-electron chi connectivity index (χ0n) is 18.1. The Labute approximate surface area is 188 Å². The van der Waals surface area contributed by atoms with Gasteiger partial charge in [0.15, 0.2) is 0 Å². The molecule has 1 fully saturated rings. The molecule has 164 valence electrons. The number of piperazine rings is 1. The van der Waals surface area contributed by atoms with E-state index in [1.54, 1.807) is 4.90 Å². The second-order valence-electron chi connectivity index (χ2n) is 8.49. The first-order chi connectivity index (χ1) is 14.8. The molecule has 0 aromatic heterocycles. The summed E-state index contributed by atoms with van der Waals surface area (Å²) in [5.74, 6) is -0.533. The molecule has 0 spiro atoms. The fourth-order valence-electron chi connectivity index (χ4n) is 4.80. The SMILES string of the molecule is CC(=O)N1CCc2cc(CC(C)N3CCN(c4cccc(Cl)c4)CC3)cc(C(N)=O)c21. The van der Waals surface area contributed by atoms with E-state index >= 15 is 0 Å². The minimum absolute atomic E-state index is 0.0556. The number of rotatable bonds is 5. The van der Waals surface area contributed by atoms with Crippen LogP contribution in [-0.2, 0) is 17.6 Å². The van der Waals surface area contributed by atoms with E-state index in [0.29, 0.717) is 23.8 Å². The number of carbonyl (C=O) groups is 2. The van der Waals surface area contributed by atoms with Crippen LogP contribution in [0.5, 0.6) is 0 Å². The number of primary amides is 1. The molecule has 6 nitrogen and oxygen atoms in total. The lowest BCUT2D eigenvalue weighted by Crippen LogP contribution is -2.50. The summed E-state index contributed by atoms with van der Waals surface area (Å²) in [5.41, 5.74) is 10.1. The van der Waals surface area contributed by atoms with Gasteiger partial charge in [-0.25, -0.2) is 0 Å². The van der Waals surface area contributed by atoms with Gasteiger partial charge in [0.1, 0.15) is 0 Å². The third kappa shape index (κ3) is 4.55. The molecule has 2 amide bonds. The second kappa shape index (κ2) is 8.89. The summed E-state index contributed by atoms with van der Waals surface area (Å²) < 4.78 is 0. The highest BCUT2D eigenvalue weighted by Gasteiger charge is 2.29. The van der Waals surface area contributed by atoms with Gasteiger partial charge in [0.25, 0.3) is 5.91 Å². The maximum atomic E-state index is 12.1. The third-order valence-electron chi connectivity index (χ3n) is 6.41. The molecule has 1 saturated heterocycles. The molecule has 2 aliphatic rings. The van der Waals surface area contributed by atoms with Crippen molar-refractivity contribution in [1.82, 2.24) is 4.90 Å². The Kier molecular flexibility index (Phi) is 6.21. The highest BCUT2D eigenvalue weighted by molar-refractivity contribution is 6.30. The fourth-order valence-corrected chi connectivity index (χ4v) is 4.98. The number of halogens is 1. The number of nitrogens with zero attached hydrogens (tertiary/aromatic N) is 3. The van der Waals surface area contributed by atoms with Gasteiger partial charge in [0.2, 0.25) is 5.91 Å². The summed E-state index contributed by atoms with van der Waals surface area (Å²) in [7, 11) is 0. The molecule has 2 aromatic carbocycles. The van der Waals surface area contributed by atoms with Gasteiger partial charge >= 0.3 is 0 Å². The van der Waals surface area contributed by atoms with Crippen LogP contribution in [0.3, 0.4) is 0 Å². The molecular formula is C24H29ClN4O2. The van der Waals surface area contributed by atoms with Gasteiger partial charge in [0, 0.05) is 56.4 Å². The quantitative estimate of drug-likeness (QED) is 0.775. The van der Waals surface area contributed by atoms with E-state index in [4.69, 9.17) is 17.3 Å². The zero-order valence-corrected chi connectivity index (χ0v) is 18.9. The van der Waals surface area contributed by atoms with Crippen molar-refractivity contribution in [2.45, 2.75) is 32.7 Å². The molecule has 1 unspecified atom stereocenters. The Hall–Kier alpha value is -2.57. The Balaban J connectivity index is 1.45. The number of benzene rings is 2. The van der Waals surface area contributed by atoms with Gasteiger partial charge in [-0.2, -0.15) is 0 Å². The van der Waals surface area contributed by atoms with Crippen molar-refractivity contribution in [3.63, 3.8) is 0 Å². The normalized spacial score (nSPS) is 17.5. The van der Waals surface area contributed by atoms with Crippen molar-refractivity contribution < 1.29 is 9.59 Å². The highest BCUT2D eigenvalue weighted by atomic mass is 35.5. The van der Waals surface area contributed by atoms with Gasteiger partial charge < -0.3 is 15.5 Å². The minimum Gasteiger partial charge on any atom is -0.369 e. The van der Waals surface area contributed by atoms with Crippen molar-refractivity contribution in [1.29, 1.82) is 0 Å². The molecule has 0 saturated carbocycles. The summed E-state index contributed by atoms with van der Waals surface area (Å²) in [6.45, 7) is 8.21. The maximum absolute atomic E-state index is 12.1. The van der Waals surface area contributed by atoms with Crippen molar-refractivity contribution in [3.05, 3.63) is 58.1 Å². The molecule has 2 aromatic rings. The monoisotopic (exact) mass is 440 g/mol. The van der Waals surface area contributed by atoms with E-state index in [1.807, 2.05) is 24.3 Å². The lowest BCUT2D eigenvalue weighted by atomic mass is 9.97. The molecule has 7 heteroatoms. The predicted octanol–water partition coefficient (Wildman–Crippen LogP) is 3.10. The lowest BCUT2D eigenvalue weighted by Gasteiger charge is -2.39. The Morgan fingerprint density at radius 1 is 1.10 bits per heavy atom. The van der Waals surface area contributed by atoms with Gasteiger partial charge in [-0.05, 0) is 55.2 Å². The molecule has 2 aliphatic heterocycles. The van der Waals surface area contributed by atoms with Crippen LogP contribution in [0.25, 0.3) is 0 Å². The minimum atomic E-state index is -0.478. The Morgan fingerprint density at radius 3 is 2.48 bits per heavy atom. The van der Waals surface area contributed by atoms with Gasteiger partial charge in [-0.15, -0.1) is 0 Å². The van der Waals surface area contributed by atoms with Crippen LogP contribution in [0.15, 0.2) is 36.4 Å². The predicted molar refractivity (Wildman–Crippen MR) is 125 cm³/mol. The van der Waals surface area contributed by atoms with Crippen LogP contribution in [0.4, 0.5) is 11.4 Å². The fraction of sp³-hybridized carbons (Fsp3) is 0.417. The molecular weight excluding hydrogens is 412 g/mol. The molecule has 0 radical (unpaired) electrons. The first-order valence-corrected chi connectivity index (χ1v) is 11.2. The number of amides is 2. The number of anilines is 2. The van der Waals surface area contributed by atoms with Crippen molar-refractivity contribution in [3.8, 4) is 0 Å². The summed E-state index contributed by atoms with van der Waals surface area (Å²) in [4.78, 5) is 30.6. The van der Waals surface area contributed by atoms with Crippen LogP contribution < -0.4 is 15.5 Å². The molecule has 0 aliphatic carbocycles. The Bertz CT molecular complexity index is 1000. The summed E-state index contributed by atoms with van der Waals surface area (Å²) >= 11 is 6.14. The van der Waals surface area contributed by atoms with Gasteiger partial charge in [0.05, 0.1) is 11.3 Å². The van der Waals surface area contributed by atoms with E-state index in [1.165, 1.54) is 12.6 Å². The van der Waals surface area contributed by atoms with Crippen molar-refractivity contribution in [2.24, 2.45) is 5.73 Å². The van der Waals surface area contributed by atoms with Crippen LogP contribution in [0.1, 0.15) is 35.3 Å². The summed E-state index contributed by atoms with van der Waals surface area (Å²) in [6.07, 6.45) is 1.60. The Morgan fingerprint density at radius 2 is 1.84 bits per heavy atom. The molecule has 2 heterocycles. The summed E-state index contributed by atoms with van der Waals surface area (Å²) in [6, 6.07) is 12.4. The topological polar surface area (TPSA) is 69.9 Å². The van der Waals surface area contributed by atoms with Crippen LogP contribution in [-0.4, -0.2) is 55.5 Å². The molecule has 2 N–H and O–H groups in total. The first kappa shape index (κ1) is 21.7. The van der Waals surface area contributed by atoms with E-state index in [2.05, 4.69) is 28.9 Å². The van der Waals surface area contributed by atoms with Crippen molar-refractivity contribution >= 4 is 34.8 Å². The van der Waals surface area contributed by atoms with Crippen molar-refractivity contribution in [2.75, 3.05) is 42.5 Å². The summed E-state index contributed by atoms with van der Waals surface area (Å²) in [5, 5.41) is 0.763. The molecule has 31 heavy (non-hydrogen) atoms. The van der Waals surface area contributed by atoms with E-state index < -0.39 is 5.91 Å². The zero-order chi connectivity index (χ0) is 22.1. The number of hydrogen-bond acceptors (Lipinski definition) is 4. The van der Waals surface area contributed by atoms with E-state index in [9.17, 15) is 9.59 Å². The molecule has 0 bridgehead atoms. The number of fused-ring (bicyclic) bond motifs is 1. The average Bonchev–Trinajstić information content (AvgIpc) is 3.17.